The first-order valence-corrected chi connectivity index (χ1v) is 8.70. The number of nitrogens with zero attached hydrogens (tertiary/aromatic N) is 2. The molecule has 0 spiro atoms. The third-order valence-corrected chi connectivity index (χ3v) is 4.87. The molecule has 0 saturated carbocycles. The Morgan fingerprint density at radius 1 is 1.04 bits per heavy atom. The lowest BCUT2D eigenvalue weighted by molar-refractivity contribution is -0.147. The van der Waals surface area contributed by atoms with Gasteiger partial charge in [0.05, 0.1) is 0 Å². The summed E-state index contributed by atoms with van der Waals surface area (Å²) in [7, 11) is 0. The Kier molecular flexibility index (Phi) is 4.24. The number of carbonyl (C=O) groups is 3. The maximum Gasteiger partial charge on any atom is 0.326 e. The zero-order valence-corrected chi connectivity index (χ0v) is 14.7. The number of carbonyl (C=O) groups excluding carboxylic acids is 3. The molecule has 2 amide bonds. The molecule has 0 radical (unpaired) electrons. The largest absolute Gasteiger partial charge is 0.454 e. The molecule has 2 heterocycles. The van der Waals surface area contributed by atoms with Crippen molar-refractivity contribution in [1.29, 1.82) is 0 Å². The van der Waals surface area contributed by atoms with Crippen LogP contribution in [0.1, 0.15) is 21.5 Å². The summed E-state index contributed by atoms with van der Waals surface area (Å²) in [5.74, 6) is -1.20. The number of benzene rings is 2. The van der Waals surface area contributed by atoms with Gasteiger partial charge in [0.25, 0.3) is 11.8 Å². The van der Waals surface area contributed by atoms with Gasteiger partial charge in [0.15, 0.2) is 6.61 Å². The van der Waals surface area contributed by atoms with E-state index < -0.39 is 5.97 Å². The maximum absolute atomic E-state index is 12.4. The topological polar surface area (TPSA) is 66.9 Å². The highest BCUT2D eigenvalue weighted by Gasteiger charge is 2.32. The zero-order valence-electron chi connectivity index (χ0n) is 14.7. The van der Waals surface area contributed by atoms with Gasteiger partial charge in [-0.2, -0.15) is 0 Å². The number of hydrogen-bond donors (Lipinski definition) is 0. The highest BCUT2D eigenvalue weighted by Crippen LogP contribution is 2.31. The fraction of sp³-hybridized carbons (Fsp3) is 0.190. The van der Waals surface area contributed by atoms with E-state index in [1.807, 2.05) is 30.3 Å². The van der Waals surface area contributed by atoms with Crippen LogP contribution in [-0.2, 0) is 20.7 Å². The van der Waals surface area contributed by atoms with Crippen LogP contribution >= 0.6 is 0 Å². The minimum atomic E-state index is -0.641. The SMILES string of the molecule is C=C1c2ccccc2C(=O)N1CC(=O)OCC(=O)N1CCc2ccccc21. The van der Waals surface area contributed by atoms with Gasteiger partial charge in [0, 0.05) is 29.1 Å². The van der Waals surface area contributed by atoms with Crippen LogP contribution < -0.4 is 4.90 Å². The molecule has 2 aliphatic rings. The van der Waals surface area contributed by atoms with Crippen LogP contribution in [0.4, 0.5) is 5.69 Å². The first kappa shape index (κ1) is 17.0. The van der Waals surface area contributed by atoms with Gasteiger partial charge in [0.1, 0.15) is 6.54 Å². The zero-order chi connectivity index (χ0) is 19.0. The van der Waals surface area contributed by atoms with Crippen LogP contribution in [0.3, 0.4) is 0 Å². The molecule has 27 heavy (non-hydrogen) atoms. The van der Waals surface area contributed by atoms with Gasteiger partial charge in [0.2, 0.25) is 0 Å². The van der Waals surface area contributed by atoms with Crippen molar-refractivity contribution >= 4 is 29.2 Å². The molecule has 0 N–H and O–H groups in total. The summed E-state index contributed by atoms with van der Waals surface area (Å²) in [6.45, 7) is 3.84. The van der Waals surface area contributed by atoms with Gasteiger partial charge in [-0.25, -0.2) is 0 Å². The molecular weight excluding hydrogens is 344 g/mol. The molecule has 0 fully saturated rings. The Morgan fingerprint density at radius 2 is 1.74 bits per heavy atom. The van der Waals surface area contributed by atoms with E-state index in [0.29, 0.717) is 23.4 Å². The highest BCUT2D eigenvalue weighted by atomic mass is 16.5. The van der Waals surface area contributed by atoms with Crippen molar-refractivity contribution < 1.29 is 19.1 Å². The lowest BCUT2D eigenvalue weighted by atomic mass is 10.1. The van der Waals surface area contributed by atoms with Crippen LogP contribution in [0.15, 0.2) is 55.1 Å². The van der Waals surface area contributed by atoms with E-state index in [1.165, 1.54) is 4.90 Å². The molecule has 4 rings (SSSR count). The quantitative estimate of drug-likeness (QED) is 0.783. The number of ether oxygens (including phenoxy) is 1. The van der Waals surface area contributed by atoms with E-state index >= 15 is 0 Å². The second-order valence-electron chi connectivity index (χ2n) is 6.47. The maximum atomic E-state index is 12.4. The average molecular weight is 362 g/mol. The molecule has 0 aliphatic carbocycles. The van der Waals surface area contributed by atoms with Gasteiger partial charge in [-0.1, -0.05) is 43.0 Å². The smallest absolute Gasteiger partial charge is 0.326 e. The summed E-state index contributed by atoms with van der Waals surface area (Å²) in [6, 6.07) is 14.7. The van der Waals surface area contributed by atoms with Gasteiger partial charge in [-0.05, 0) is 24.1 Å². The molecule has 6 nitrogen and oxygen atoms in total. The summed E-state index contributed by atoms with van der Waals surface area (Å²) in [5, 5.41) is 0. The Labute approximate surface area is 156 Å². The lowest BCUT2D eigenvalue weighted by Crippen LogP contribution is -2.35. The molecule has 2 aliphatic heterocycles. The van der Waals surface area contributed by atoms with Crippen LogP contribution in [0.25, 0.3) is 5.70 Å². The number of amides is 2. The normalized spacial score (nSPS) is 15.0. The van der Waals surface area contributed by atoms with E-state index in [2.05, 4.69) is 6.58 Å². The Bertz CT molecular complexity index is 931. The monoisotopic (exact) mass is 362 g/mol. The van der Waals surface area contributed by atoms with Gasteiger partial charge >= 0.3 is 5.97 Å². The number of esters is 1. The molecule has 0 saturated heterocycles. The fourth-order valence-corrected chi connectivity index (χ4v) is 3.49. The summed E-state index contributed by atoms with van der Waals surface area (Å²) >= 11 is 0. The minimum absolute atomic E-state index is 0.268. The van der Waals surface area contributed by atoms with Gasteiger partial charge < -0.3 is 9.64 Å². The van der Waals surface area contributed by atoms with Crippen molar-refractivity contribution in [2.24, 2.45) is 0 Å². The molecule has 136 valence electrons. The van der Waals surface area contributed by atoms with E-state index in [0.717, 1.165) is 17.7 Å². The number of hydrogen-bond acceptors (Lipinski definition) is 4. The van der Waals surface area contributed by atoms with Crippen molar-refractivity contribution in [1.82, 2.24) is 4.90 Å². The third-order valence-electron chi connectivity index (χ3n) is 4.87. The summed E-state index contributed by atoms with van der Waals surface area (Å²) < 4.78 is 5.12. The molecular formula is C21H18N2O4. The van der Waals surface area contributed by atoms with Crippen molar-refractivity contribution in [3.05, 3.63) is 71.8 Å². The predicted molar refractivity (Wildman–Crippen MR) is 100.0 cm³/mol. The fourth-order valence-electron chi connectivity index (χ4n) is 3.49. The van der Waals surface area contributed by atoms with Crippen molar-refractivity contribution in [3.8, 4) is 0 Å². The molecule has 0 bridgehead atoms. The molecule has 2 aromatic carbocycles. The first-order valence-electron chi connectivity index (χ1n) is 8.70. The number of rotatable bonds is 4. The molecule has 2 aromatic rings. The second-order valence-corrected chi connectivity index (χ2v) is 6.47. The van der Waals surface area contributed by atoms with E-state index in [9.17, 15) is 14.4 Å². The molecule has 0 aromatic heterocycles. The van der Waals surface area contributed by atoms with Crippen LogP contribution in [-0.4, -0.2) is 42.4 Å². The highest BCUT2D eigenvalue weighted by molar-refractivity contribution is 6.10. The number of anilines is 1. The first-order chi connectivity index (χ1) is 13.1. The summed E-state index contributed by atoms with van der Waals surface area (Å²) in [6.07, 6.45) is 0.788. The Morgan fingerprint density at radius 3 is 2.52 bits per heavy atom. The van der Waals surface area contributed by atoms with Crippen molar-refractivity contribution in [3.63, 3.8) is 0 Å². The van der Waals surface area contributed by atoms with Gasteiger partial charge in [-0.3, -0.25) is 19.3 Å². The molecule has 0 atom stereocenters. The Hall–Kier alpha value is -3.41. The van der Waals surface area contributed by atoms with Gasteiger partial charge in [-0.15, -0.1) is 0 Å². The predicted octanol–water partition coefficient (Wildman–Crippen LogP) is 2.25. The Balaban J connectivity index is 1.35. The molecule has 6 heteroatoms. The standard InChI is InChI=1S/C21H18N2O4/c1-14-16-7-3-4-8-17(16)21(26)23(14)12-20(25)27-13-19(24)22-11-10-15-6-2-5-9-18(15)22/h2-9H,1,10-13H2. The third kappa shape index (κ3) is 2.99. The van der Waals surface area contributed by atoms with Crippen LogP contribution in [0.5, 0.6) is 0 Å². The second kappa shape index (κ2) is 6.72. The van der Waals surface area contributed by atoms with E-state index in [1.54, 1.807) is 23.1 Å². The van der Waals surface area contributed by atoms with Crippen LogP contribution in [0.2, 0.25) is 0 Å². The van der Waals surface area contributed by atoms with Crippen molar-refractivity contribution in [2.45, 2.75) is 6.42 Å². The number of para-hydroxylation sites is 1. The van der Waals surface area contributed by atoms with Crippen molar-refractivity contribution in [2.75, 3.05) is 24.6 Å². The van der Waals surface area contributed by atoms with E-state index in [4.69, 9.17) is 4.74 Å². The summed E-state index contributed by atoms with van der Waals surface area (Å²) in [5.41, 5.74) is 3.65. The van der Waals surface area contributed by atoms with Crippen LogP contribution in [0, 0.1) is 0 Å². The number of fused-ring (bicyclic) bond motifs is 2. The van der Waals surface area contributed by atoms with E-state index in [-0.39, 0.29) is 25.0 Å². The average Bonchev–Trinajstić information content (AvgIpc) is 3.22. The minimum Gasteiger partial charge on any atom is -0.454 e. The molecule has 0 unspecified atom stereocenters. The lowest BCUT2D eigenvalue weighted by Gasteiger charge is -2.19. The summed E-state index contributed by atoms with van der Waals surface area (Å²) in [4.78, 5) is 39.9.